The number of fused-ring (bicyclic) bond motifs is 1. The maximum Gasteiger partial charge on any atom is 0.305 e. The molecule has 1 N–H and O–H groups in total. The Hall–Kier alpha value is -3.20. The summed E-state index contributed by atoms with van der Waals surface area (Å²) in [5.41, 5.74) is 2.16. The van der Waals surface area contributed by atoms with Crippen molar-refractivity contribution in [3.05, 3.63) is 47.1 Å². The summed E-state index contributed by atoms with van der Waals surface area (Å²) >= 11 is 6.34. The maximum absolute atomic E-state index is 6.34. The molecule has 0 bridgehead atoms. The zero-order valence-corrected chi connectivity index (χ0v) is 17.8. The summed E-state index contributed by atoms with van der Waals surface area (Å²) in [6, 6.07) is 11.7. The summed E-state index contributed by atoms with van der Waals surface area (Å²) in [6.45, 7) is 5.52. The average molecular weight is 427 g/mol. The van der Waals surface area contributed by atoms with Gasteiger partial charge in [-0.05, 0) is 47.0 Å². The van der Waals surface area contributed by atoms with Gasteiger partial charge in [-0.3, -0.25) is 0 Å². The van der Waals surface area contributed by atoms with Crippen molar-refractivity contribution in [1.82, 2.24) is 34.7 Å². The van der Waals surface area contributed by atoms with Gasteiger partial charge in [-0.1, -0.05) is 42.7 Å². The van der Waals surface area contributed by atoms with E-state index in [1.165, 1.54) is 0 Å². The summed E-state index contributed by atoms with van der Waals surface area (Å²) in [5.74, 6) is 1.94. The van der Waals surface area contributed by atoms with E-state index in [1.807, 2.05) is 30.3 Å². The molecule has 0 spiro atoms. The number of imidazole rings is 1. The lowest BCUT2D eigenvalue weighted by molar-refractivity contribution is 0.272. The number of aryl methyl sites for hydroxylation is 1. The first-order valence-electron chi connectivity index (χ1n) is 9.75. The predicted octanol–water partition coefficient (Wildman–Crippen LogP) is 3.63. The lowest BCUT2D eigenvalue weighted by Crippen LogP contribution is -2.10. The number of hydrogen-bond acceptors (Lipinski definition) is 7. The molecule has 4 rings (SSSR count). The largest absolute Gasteiger partial charge is 0.458 e. The average Bonchev–Trinajstić information content (AvgIpc) is 3.30. The third-order valence-electron chi connectivity index (χ3n) is 4.59. The molecule has 9 nitrogen and oxygen atoms in total. The second kappa shape index (κ2) is 8.66. The maximum atomic E-state index is 6.34. The normalized spacial score (nSPS) is 11.4. The molecule has 3 heterocycles. The van der Waals surface area contributed by atoms with Gasteiger partial charge in [0.15, 0.2) is 0 Å². The quantitative estimate of drug-likeness (QED) is 0.459. The third-order valence-corrected chi connectivity index (χ3v) is 4.89. The molecule has 0 saturated carbocycles. The van der Waals surface area contributed by atoms with Crippen molar-refractivity contribution in [3.63, 3.8) is 0 Å². The molecule has 0 saturated heterocycles. The van der Waals surface area contributed by atoms with Crippen LogP contribution in [0.1, 0.15) is 26.0 Å². The molecule has 10 heteroatoms. The van der Waals surface area contributed by atoms with Crippen LogP contribution in [0.25, 0.3) is 17.0 Å². The van der Waals surface area contributed by atoms with Gasteiger partial charge in [-0.15, -0.1) is 0 Å². The number of tetrazole rings is 1. The number of aromatic nitrogens is 7. The van der Waals surface area contributed by atoms with Gasteiger partial charge in [0.2, 0.25) is 0 Å². The fraction of sp³-hybridized carbons (Fsp3) is 0.350. The minimum Gasteiger partial charge on any atom is -0.458 e. The molecule has 4 aromatic rings. The monoisotopic (exact) mass is 426 g/mol. The first-order valence-corrected chi connectivity index (χ1v) is 10.1. The van der Waals surface area contributed by atoms with E-state index in [-0.39, 0.29) is 6.61 Å². The predicted molar refractivity (Wildman–Crippen MR) is 115 cm³/mol. The highest BCUT2D eigenvalue weighted by molar-refractivity contribution is 6.35. The Kier molecular flexibility index (Phi) is 5.80. The van der Waals surface area contributed by atoms with Crippen LogP contribution in [0.3, 0.4) is 0 Å². The zero-order chi connectivity index (χ0) is 21.1. The van der Waals surface area contributed by atoms with Crippen LogP contribution in [0.4, 0.5) is 5.82 Å². The first-order chi connectivity index (χ1) is 14.5. The SMILES string of the molecule is CC(C)CCNc1cccc(COc2nc3c(Cl)cccc3n2-c2nnnn2C)n1. The fourth-order valence-corrected chi connectivity index (χ4v) is 3.25. The molecule has 0 aliphatic heterocycles. The lowest BCUT2D eigenvalue weighted by atomic mass is 10.1. The second-order valence-electron chi connectivity index (χ2n) is 7.35. The van der Waals surface area contributed by atoms with Crippen LogP contribution in [0.15, 0.2) is 36.4 Å². The molecule has 0 aliphatic rings. The molecule has 156 valence electrons. The third kappa shape index (κ3) is 4.20. The summed E-state index contributed by atoms with van der Waals surface area (Å²) in [5, 5.41) is 15.6. The summed E-state index contributed by atoms with van der Waals surface area (Å²) in [6.07, 6.45) is 1.08. The highest BCUT2D eigenvalue weighted by Gasteiger charge is 2.19. The molecular weight excluding hydrogens is 404 g/mol. The fourth-order valence-electron chi connectivity index (χ4n) is 3.03. The first kappa shape index (κ1) is 20.1. The van der Waals surface area contributed by atoms with E-state index in [0.717, 1.165) is 30.0 Å². The minimum atomic E-state index is 0.242. The van der Waals surface area contributed by atoms with Crippen molar-refractivity contribution < 1.29 is 4.74 Å². The van der Waals surface area contributed by atoms with Gasteiger partial charge in [0.05, 0.1) is 16.2 Å². The van der Waals surface area contributed by atoms with Crippen molar-refractivity contribution in [2.75, 3.05) is 11.9 Å². The van der Waals surface area contributed by atoms with Crippen LogP contribution in [-0.2, 0) is 13.7 Å². The number of ether oxygens (including phenoxy) is 1. The van der Waals surface area contributed by atoms with E-state index in [4.69, 9.17) is 16.3 Å². The molecule has 0 amide bonds. The Bertz CT molecular complexity index is 1150. The van der Waals surface area contributed by atoms with Gasteiger partial charge < -0.3 is 10.1 Å². The molecule has 0 aliphatic carbocycles. The van der Waals surface area contributed by atoms with Crippen LogP contribution >= 0.6 is 11.6 Å². The number of benzene rings is 1. The number of nitrogens with one attached hydrogen (secondary N) is 1. The molecule has 0 radical (unpaired) electrons. The van der Waals surface area contributed by atoms with Crippen molar-refractivity contribution >= 4 is 28.5 Å². The number of halogens is 1. The number of anilines is 1. The Morgan fingerprint density at radius 3 is 2.73 bits per heavy atom. The smallest absolute Gasteiger partial charge is 0.305 e. The Balaban J connectivity index is 1.59. The molecule has 0 unspecified atom stereocenters. The van der Waals surface area contributed by atoms with Gasteiger partial charge in [0.25, 0.3) is 5.95 Å². The number of rotatable bonds is 8. The molecular formula is C20H23ClN8O. The summed E-state index contributed by atoms with van der Waals surface area (Å²) in [7, 11) is 1.75. The zero-order valence-electron chi connectivity index (χ0n) is 17.1. The standard InChI is InChI=1S/C20H23ClN8O/c1-13(2)10-11-22-17-9-4-6-14(23-17)12-30-20-24-18-15(21)7-5-8-16(18)29(20)19-25-26-27-28(19)3/h4-9,13H,10-12H2,1-3H3,(H,22,23). The summed E-state index contributed by atoms with van der Waals surface area (Å²) in [4.78, 5) is 9.19. The lowest BCUT2D eigenvalue weighted by Gasteiger charge is -2.10. The van der Waals surface area contributed by atoms with Crippen LogP contribution in [-0.4, -0.2) is 41.3 Å². The van der Waals surface area contributed by atoms with E-state index in [1.54, 1.807) is 22.4 Å². The van der Waals surface area contributed by atoms with Crippen LogP contribution in [0, 0.1) is 5.92 Å². The number of hydrogen-bond donors (Lipinski definition) is 1. The highest BCUT2D eigenvalue weighted by atomic mass is 35.5. The highest BCUT2D eigenvalue weighted by Crippen LogP contribution is 2.29. The van der Waals surface area contributed by atoms with E-state index >= 15 is 0 Å². The molecule has 0 fully saturated rings. The molecule has 30 heavy (non-hydrogen) atoms. The van der Waals surface area contributed by atoms with E-state index < -0.39 is 0 Å². The molecule has 1 aromatic carbocycles. The van der Waals surface area contributed by atoms with Gasteiger partial charge >= 0.3 is 6.01 Å². The van der Waals surface area contributed by atoms with Crippen molar-refractivity contribution in [1.29, 1.82) is 0 Å². The van der Waals surface area contributed by atoms with Gasteiger partial charge in [-0.2, -0.15) is 4.98 Å². The van der Waals surface area contributed by atoms with E-state index in [2.05, 4.69) is 44.7 Å². The van der Waals surface area contributed by atoms with Gasteiger partial charge in [0.1, 0.15) is 17.9 Å². The van der Waals surface area contributed by atoms with Crippen molar-refractivity contribution in [3.8, 4) is 12.0 Å². The molecule has 0 atom stereocenters. The van der Waals surface area contributed by atoms with Crippen LogP contribution < -0.4 is 10.1 Å². The molecule has 3 aromatic heterocycles. The van der Waals surface area contributed by atoms with Crippen LogP contribution in [0.2, 0.25) is 5.02 Å². The van der Waals surface area contributed by atoms with Gasteiger partial charge in [-0.25, -0.2) is 14.2 Å². The van der Waals surface area contributed by atoms with Crippen molar-refractivity contribution in [2.24, 2.45) is 13.0 Å². The Labute approximate surface area is 179 Å². The second-order valence-corrected chi connectivity index (χ2v) is 7.76. The van der Waals surface area contributed by atoms with Gasteiger partial charge in [0, 0.05) is 13.6 Å². The van der Waals surface area contributed by atoms with Crippen molar-refractivity contribution in [2.45, 2.75) is 26.9 Å². The minimum absolute atomic E-state index is 0.242. The number of para-hydroxylation sites is 1. The Morgan fingerprint density at radius 2 is 1.97 bits per heavy atom. The van der Waals surface area contributed by atoms with E-state index in [9.17, 15) is 0 Å². The summed E-state index contributed by atoms with van der Waals surface area (Å²) < 4.78 is 9.32. The topological polar surface area (TPSA) is 95.6 Å². The number of nitrogens with zero attached hydrogens (tertiary/aromatic N) is 7. The van der Waals surface area contributed by atoms with E-state index in [0.29, 0.717) is 28.4 Å². The Morgan fingerprint density at radius 1 is 1.13 bits per heavy atom. The van der Waals surface area contributed by atoms with Crippen LogP contribution in [0.5, 0.6) is 6.01 Å². The number of pyridine rings is 1.